The molecule has 9 heteroatoms. The van der Waals surface area contributed by atoms with E-state index in [1.165, 1.54) is 18.2 Å². The maximum absolute atomic E-state index is 13.9. The monoisotopic (exact) mass is 446 g/mol. The Morgan fingerprint density at radius 2 is 2.10 bits per heavy atom. The molecular weight excluding hydrogens is 423 g/mol. The van der Waals surface area contributed by atoms with Crippen LogP contribution in [-0.4, -0.2) is 39.2 Å². The zero-order valence-corrected chi connectivity index (χ0v) is 17.8. The Morgan fingerprint density at radius 1 is 1.32 bits per heavy atom. The van der Waals surface area contributed by atoms with Crippen molar-refractivity contribution in [2.24, 2.45) is 5.92 Å². The van der Waals surface area contributed by atoms with Crippen LogP contribution in [0, 0.1) is 11.7 Å². The van der Waals surface area contributed by atoms with Crippen LogP contribution in [0.4, 0.5) is 15.8 Å². The molecule has 4 rings (SSSR count). The van der Waals surface area contributed by atoms with Gasteiger partial charge in [0.05, 0.1) is 18.0 Å². The second kappa shape index (κ2) is 8.68. The minimum Gasteiger partial charge on any atom is -0.492 e. The standard InChI is InChI=1S/C22H23FN2O5S/c1-2-24-9-3-4-13-10-15(23)5-7-18(13)25(31(28)29)19-8-6-16-17-11-14(17)12-30-21(16)20(19)22(26)27/h3-8,10,14,17,24,31H,2,9,11-12H2,1H3,(H,26,27). The molecule has 0 saturated heterocycles. The molecule has 31 heavy (non-hydrogen) atoms. The summed E-state index contributed by atoms with van der Waals surface area (Å²) in [7, 11) is -3.28. The number of thiol groups is 1. The van der Waals surface area contributed by atoms with E-state index in [4.69, 9.17) is 4.74 Å². The predicted molar refractivity (Wildman–Crippen MR) is 116 cm³/mol. The molecule has 2 aliphatic rings. The van der Waals surface area contributed by atoms with Crippen LogP contribution in [0.15, 0.2) is 36.4 Å². The van der Waals surface area contributed by atoms with Gasteiger partial charge in [0.25, 0.3) is 0 Å². The molecule has 2 atom stereocenters. The fraction of sp³-hybridized carbons (Fsp3) is 0.318. The van der Waals surface area contributed by atoms with Gasteiger partial charge in [0.2, 0.25) is 10.9 Å². The largest absolute Gasteiger partial charge is 0.492 e. The molecule has 2 N–H and O–H groups in total. The second-order valence-corrected chi connectivity index (χ2v) is 8.43. The van der Waals surface area contributed by atoms with E-state index in [2.05, 4.69) is 5.32 Å². The molecule has 0 spiro atoms. The lowest BCUT2D eigenvalue weighted by molar-refractivity contribution is 0.0692. The van der Waals surface area contributed by atoms with E-state index >= 15 is 0 Å². The van der Waals surface area contributed by atoms with E-state index in [0.717, 1.165) is 28.9 Å². The van der Waals surface area contributed by atoms with E-state index in [1.807, 2.05) is 6.92 Å². The topological polar surface area (TPSA) is 95.9 Å². The van der Waals surface area contributed by atoms with Crippen LogP contribution < -0.4 is 14.4 Å². The summed E-state index contributed by atoms with van der Waals surface area (Å²) in [6, 6.07) is 6.92. The van der Waals surface area contributed by atoms with Crippen LogP contribution in [0.2, 0.25) is 0 Å². The Hall–Kier alpha value is -2.91. The van der Waals surface area contributed by atoms with Crippen molar-refractivity contribution in [1.82, 2.24) is 5.32 Å². The smallest absolute Gasteiger partial charge is 0.341 e. The van der Waals surface area contributed by atoms with Crippen LogP contribution >= 0.6 is 0 Å². The Kier molecular flexibility index (Phi) is 5.97. The van der Waals surface area contributed by atoms with Crippen molar-refractivity contribution in [2.75, 3.05) is 24.0 Å². The molecule has 1 aliphatic carbocycles. The zero-order valence-electron chi connectivity index (χ0n) is 16.9. The molecule has 1 aliphatic heterocycles. The number of hydrogen-bond acceptors (Lipinski definition) is 5. The van der Waals surface area contributed by atoms with E-state index < -0.39 is 22.7 Å². The first-order valence-corrected chi connectivity index (χ1v) is 11.2. The number of carboxylic acid groups (broad SMARTS) is 1. The van der Waals surface area contributed by atoms with Gasteiger partial charge in [-0.15, -0.1) is 0 Å². The Bertz CT molecular complexity index is 1120. The Balaban J connectivity index is 1.85. The predicted octanol–water partition coefficient (Wildman–Crippen LogP) is 3.31. The van der Waals surface area contributed by atoms with Gasteiger partial charge < -0.3 is 15.2 Å². The van der Waals surface area contributed by atoms with Crippen molar-refractivity contribution in [3.05, 3.63) is 58.9 Å². The summed E-state index contributed by atoms with van der Waals surface area (Å²) in [5.74, 6) is -0.949. The molecule has 1 fully saturated rings. The van der Waals surface area contributed by atoms with Gasteiger partial charge in [0, 0.05) is 18.0 Å². The van der Waals surface area contributed by atoms with Crippen molar-refractivity contribution in [3.8, 4) is 5.75 Å². The van der Waals surface area contributed by atoms with Crippen molar-refractivity contribution in [1.29, 1.82) is 0 Å². The summed E-state index contributed by atoms with van der Waals surface area (Å²) < 4.78 is 45.2. The van der Waals surface area contributed by atoms with Crippen molar-refractivity contribution < 1.29 is 27.4 Å². The zero-order chi connectivity index (χ0) is 22.1. The quantitative estimate of drug-likeness (QED) is 0.425. The number of benzene rings is 2. The van der Waals surface area contributed by atoms with Gasteiger partial charge in [0.15, 0.2) is 0 Å². The summed E-state index contributed by atoms with van der Waals surface area (Å²) >= 11 is 0. The molecule has 0 radical (unpaired) electrons. The van der Waals surface area contributed by atoms with Crippen LogP contribution in [0.25, 0.3) is 6.08 Å². The summed E-state index contributed by atoms with van der Waals surface area (Å²) in [4.78, 5) is 12.2. The number of anilines is 2. The molecule has 1 saturated carbocycles. The SMILES string of the molecule is CCNCC=Cc1cc(F)ccc1N(c1ccc2c(c1C(=O)O)OCC1CC21)[SH](=O)=O. The van der Waals surface area contributed by atoms with Gasteiger partial charge >= 0.3 is 5.97 Å². The fourth-order valence-electron chi connectivity index (χ4n) is 3.99. The maximum Gasteiger partial charge on any atom is 0.341 e. The minimum absolute atomic E-state index is 0.0330. The Labute approximate surface area is 181 Å². The highest BCUT2D eigenvalue weighted by Crippen LogP contribution is 2.55. The molecule has 0 aromatic heterocycles. The summed E-state index contributed by atoms with van der Waals surface area (Å²) in [5.41, 5.74) is 1.04. The molecule has 1 heterocycles. The average molecular weight is 447 g/mol. The van der Waals surface area contributed by atoms with Gasteiger partial charge in [-0.3, -0.25) is 0 Å². The molecule has 2 aromatic carbocycles. The fourth-order valence-corrected chi connectivity index (χ4v) is 4.69. The lowest BCUT2D eigenvalue weighted by Crippen LogP contribution is -2.21. The number of ether oxygens (including phenoxy) is 1. The van der Waals surface area contributed by atoms with Gasteiger partial charge in [-0.25, -0.2) is 21.9 Å². The average Bonchev–Trinajstić information content (AvgIpc) is 3.52. The first kappa shape index (κ1) is 21.3. The van der Waals surface area contributed by atoms with Gasteiger partial charge in [-0.1, -0.05) is 25.1 Å². The number of fused-ring (bicyclic) bond motifs is 3. The van der Waals surface area contributed by atoms with E-state index in [-0.39, 0.29) is 28.6 Å². The molecule has 2 aromatic rings. The minimum atomic E-state index is -3.28. The highest BCUT2D eigenvalue weighted by atomic mass is 32.2. The third-order valence-corrected chi connectivity index (χ3v) is 6.32. The number of aromatic carboxylic acids is 1. The second-order valence-electron chi connectivity index (χ2n) is 7.56. The lowest BCUT2D eigenvalue weighted by atomic mass is 9.99. The first-order chi connectivity index (χ1) is 14.9. The normalized spacial score (nSPS) is 19.1. The van der Waals surface area contributed by atoms with Crippen molar-refractivity contribution in [2.45, 2.75) is 19.3 Å². The number of hydrogen-bond donors (Lipinski definition) is 3. The number of rotatable bonds is 8. The number of nitrogens with one attached hydrogen (secondary N) is 1. The number of carboxylic acids is 1. The maximum atomic E-state index is 13.9. The molecular formula is C22H23FN2O5S. The summed E-state index contributed by atoms with van der Waals surface area (Å²) in [6.45, 7) is 3.63. The van der Waals surface area contributed by atoms with E-state index in [9.17, 15) is 22.7 Å². The number of likely N-dealkylation sites (N-methyl/N-ethyl adjacent to an activating group) is 1. The van der Waals surface area contributed by atoms with Crippen molar-refractivity contribution >= 4 is 34.3 Å². The Morgan fingerprint density at radius 3 is 2.81 bits per heavy atom. The molecule has 0 bridgehead atoms. The number of carbonyl (C=O) groups is 1. The van der Waals surface area contributed by atoms with Gasteiger partial charge in [-0.05, 0) is 48.7 Å². The van der Waals surface area contributed by atoms with E-state index in [1.54, 1.807) is 18.2 Å². The number of nitrogens with zero attached hydrogens (tertiary/aromatic N) is 1. The summed E-state index contributed by atoms with van der Waals surface area (Å²) in [6.07, 6.45) is 4.29. The number of halogens is 1. The molecule has 7 nitrogen and oxygen atoms in total. The third-order valence-electron chi connectivity index (χ3n) is 5.56. The first-order valence-electron chi connectivity index (χ1n) is 10.1. The lowest BCUT2D eigenvalue weighted by Gasteiger charge is -2.26. The molecule has 0 amide bonds. The van der Waals surface area contributed by atoms with Gasteiger partial charge in [-0.2, -0.15) is 0 Å². The third kappa shape index (κ3) is 4.15. The van der Waals surface area contributed by atoms with E-state index in [0.29, 0.717) is 24.6 Å². The highest BCUT2D eigenvalue weighted by molar-refractivity contribution is 7.74. The molecule has 164 valence electrons. The van der Waals surface area contributed by atoms with Crippen LogP contribution in [0.3, 0.4) is 0 Å². The molecule has 2 unspecified atom stereocenters. The van der Waals surface area contributed by atoms with Crippen LogP contribution in [0.5, 0.6) is 5.75 Å². The highest BCUT2D eigenvalue weighted by Gasteiger charge is 2.45. The van der Waals surface area contributed by atoms with Crippen molar-refractivity contribution in [3.63, 3.8) is 0 Å². The van der Waals surface area contributed by atoms with Gasteiger partial charge in [0.1, 0.15) is 17.1 Å². The van der Waals surface area contributed by atoms with Crippen LogP contribution in [0.1, 0.15) is 40.7 Å². The van der Waals surface area contributed by atoms with Crippen LogP contribution in [-0.2, 0) is 10.9 Å². The summed E-state index contributed by atoms with van der Waals surface area (Å²) in [5, 5.41) is 13.0.